The lowest BCUT2D eigenvalue weighted by atomic mass is 9.68. The van der Waals surface area contributed by atoms with Gasteiger partial charge >= 0.3 is 0 Å². The van der Waals surface area contributed by atoms with Gasteiger partial charge in [0, 0.05) is 0 Å². The summed E-state index contributed by atoms with van der Waals surface area (Å²) in [5.41, 5.74) is 1.22. The van der Waals surface area contributed by atoms with Gasteiger partial charge in [-0.3, -0.25) is 0 Å². The van der Waals surface area contributed by atoms with Crippen LogP contribution < -0.4 is 0 Å². The van der Waals surface area contributed by atoms with E-state index in [1.54, 1.807) is 6.07 Å². The fraction of sp³-hybridized carbons (Fsp3) is 0.667. The first kappa shape index (κ1) is 17.0. The van der Waals surface area contributed by atoms with Crippen LogP contribution in [0.2, 0.25) is 0 Å². The Labute approximate surface area is 136 Å². The maximum absolute atomic E-state index is 13.5. The third-order valence-electron chi connectivity index (χ3n) is 5.00. The Kier molecular flexibility index (Phi) is 5.48. The van der Waals surface area contributed by atoms with Crippen molar-refractivity contribution in [2.24, 2.45) is 17.3 Å². The quantitative estimate of drug-likeness (QED) is 0.774. The molecule has 1 N–H and O–H groups in total. The molecule has 0 amide bonds. The van der Waals surface area contributed by atoms with E-state index in [0.29, 0.717) is 22.2 Å². The summed E-state index contributed by atoms with van der Waals surface area (Å²) in [6, 6.07) is 5.03. The van der Waals surface area contributed by atoms with Gasteiger partial charge in [0.1, 0.15) is 5.82 Å². The Morgan fingerprint density at radius 2 is 1.86 bits per heavy atom. The number of aliphatic hydroxyl groups excluding tert-OH is 1. The van der Waals surface area contributed by atoms with Crippen LogP contribution in [0.5, 0.6) is 0 Å². The molecule has 118 valence electrons. The second-order valence-electron chi connectivity index (χ2n) is 7.46. The largest absolute Gasteiger partial charge is 0.392 e. The summed E-state index contributed by atoms with van der Waals surface area (Å²) in [5, 5.41) is 10.5. The van der Waals surface area contributed by atoms with Gasteiger partial charge in [-0.2, -0.15) is 0 Å². The third-order valence-corrected chi connectivity index (χ3v) is 5.89. The van der Waals surface area contributed by atoms with E-state index in [0.717, 1.165) is 24.3 Å². The van der Waals surface area contributed by atoms with Crippen LogP contribution >= 0.6 is 15.9 Å². The average Bonchev–Trinajstić information content (AvgIpc) is 2.43. The Morgan fingerprint density at radius 3 is 2.43 bits per heavy atom. The van der Waals surface area contributed by atoms with Crippen LogP contribution in [0.25, 0.3) is 0 Å². The lowest BCUT2D eigenvalue weighted by Gasteiger charge is -2.38. The van der Waals surface area contributed by atoms with Crippen LogP contribution in [-0.4, -0.2) is 11.2 Å². The van der Waals surface area contributed by atoms with Crippen LogP contribution in [0.15, 0.2) is 22.7 Å². The van der Waals surface area contributed by atoms with E-state index in [1.807, 2.05) is 6.07 Å². The molecule has 1 aliphatic rings. The summed E-state index contributed by atoms with van der Waals surface area (Å²) in [5.74, 6) is 0.844. The second kappa shape index (κ2) is 6.78. The predicted molar refractivity (Wildman–Crippen MR) is 88.7 cm³/mol. The molecule has 1 unspecified atom stereocenters. The summed E-state index contributed by atoms with van der Waals surface area (Å²) in [6.45, 7) is 6.91. The first-order chi connectivity index (χ1) is 9.79. The molecule has 0 aromatic heterocycles. The van der Waals surface area contributed by atoms with Crippen LogP contribution in [0.3, 0.4) is 0 Å². The minimum Gasteiger partial charge on any atom is -0.392 e. The van der Waals surface area contributed by atoms with Gasteiger partial charge in [-0.1, -0.05) is 32.9 Å². The highest BCUT2D eigenvalue weighted by atomic mass is 79.9. The van der Waals surface area contributed by atoms with Crippen molar-refractivity contribution in [2.45, 2.75) is 59.0 Å². The Morgan fingerprint density at radius 1 is 1.24 bits per heavy atom. The molecule has 21 heavy (non-hydrogen) atoms. The molecular weight excluding hydrogens is 331 g/mol. The van der Waals surface area contributed by atoms with Gasteiger partial charge in [-0.05, 0) is 76.9 Å². The van der Waals surface area contributed by atoms with Gasteiger partial charge < -0.3 is 5.11 Å². The van der Waals surface area contributed by atoms with Gasteiger partial charge in [-0.25, -0.2) is 4.39 Å². The molecule has 1 saturated carbocycles. The molecule has 1 fully saturated rings. The summed E-state index contributed by atoms with van der Waals surface area (Å²) in [7, 11) is 0. The highest BCUT2D eigenvalue weighted by Crippen LogP contribution is 2.41. The highest BCUT2D eigenvalue weighted by molar-refractivity contribution is 9.10. The van der Waals surface area contributed by atoms with Gasteiger partial charge in [-0.15, -0.1) is 0 Å². The molecule has 0 heterocycles. The number of hydrogen-bond acceptors (Lipinski definition) is 1. The highest BCUT2D eigenvalue weighted by Gasteiger charge is 2.32. The lowest BCUT2D eigenvalue weighted by molar-refractivity contribution is 0.0535. The van der Waals surface area contributed by atoms with Crippen molar-refractivity contribution in [3.63, 3.8) is 0 Å². The minimum absolute atomic E-state index is 0.254. The zero-order valence-corrected chi connectivity index (χ0v) is 14.8. The van der Waals surface area contributed by atoms with Crippen LogP contribution in [0, 0.1) is 23.1 Å². The summed E-state index contributed by atoms with van der Waals surface area (Å²) in [6.07, 6.45) is 4.70. The fourth-order valence-electron chi connectivity index (χ4n) is 3.47. The molecule has 0 aliphatic heterocycles. The van der Waals surface area contributed by atoms with Crippen molar-refractivity contribution >= 4 is 15.9 Å². The normalized spacial score (nSPS) is 24.9. The Bertz CT molecular complexity index is 473. The topological polar surface area (TPSA) is 20.2 Å². The first-order valence-electron chi connectivity index (χ1n) is 7.90. The molecule has 3 heteroatoms. The van der Waals surface area contributed by atoms with Crippen molar-refractivity contribution in [1.29, 1.82) is 0 Å². The zero-order chi connectivity index (χ0) is 15.6. The minimum atomic E-state index is -0.371. The smallest absolute Gasteiger partial charge is 0.137 e. The number of halogens is 2. The molecule has 2 rings (SSSR count). The molecule has 1 nitrogen and oxygen atoms in total. The van der Waals surface area contributed by atoms with Crippen LogP contribution in [0.4, 0.5) is 4.39 Å². The van der Waals surface area contributed by atoms with Crippen molar-refractivity contribution in [3.05, 3.63) is 34.1 Å². The number of hydrogen-bond donors (Lipinski definition) is 1. The van der Waals surface area contributed by atoms with E-state index in [9.17, 15) is 9.50 Å². The molecule has 1 aromatic rings. The third kappa shape index (κ3) is 4.29. The van der Waals surface area contributed by atoms with Crippen LogP contribution in [-0.2, 0) is 6.42 Å². The standard InChI is InChI=1S/C18H26BrFO/c1-18(2,3)14-9-7-12(8-10-14)16(21)11-13-5-4-6-15(20)17(13)19/h4-6,12,14,16,21H,7-11H2,1-3H3. The van der Waals surface area contributed by atoms with E-state index >= 15 is 0 Å². The molecular formula is C18H26BrFO. The van der Waals surface area contributed by atoms with E-state index < -0.39 is 0 Å². The molecule has 1 aliphatic carbocycles. The second-order valence-corrected chi connectivity index (χ2v) is 8.26. The summed E-state index contributed by atoms with van der Waals surface area (Å²) < 4.78 is 14.0. The molecule has 1 atom stereocenters. The SMILES string of the molecule is CC(C)(C)C1CCC(C(O)Cc2cccc(F)c2Br)CC1. The first-order valence-corrected chi connectivity index (χ1v) is 8.69. The summed E-state index contributed by atoms with van der Waals surface area (Å²) >= 11 is 3.28. The maximum Gasteiger partial charge on any atom is 0.137 e. The lowest BCUT2D eigenvalue weighted by Crippen LogP contribution is -2.31. The fourth-order valence-corrected chi connectivity index (χ4v) is 3.89. The van der Waals surface area contributed by atoms with Gasteiger partial charge in [0.25, 0.3) is 0 Å². The van der Waals surface area contributed by atoms with Gasteiger partial charge in [0.05, 0.1) is 10.6 Å². The van der Waals surface area contributed by atoms with E-state index in [2.05, 4.69) is 36.7 Å². The number of rotatable bonds is 3. The van der Waals surface area contributed by atoms with Gasteiger partial charge in [0.15, 0.2) is 0 Å². The van der Waals surface area contributed by atoms with Crippen LogP contribution in [0.1, 0.15) is 52.0 Å². The monoisotopic (exact) mass is 356 g/mol. The van der Waals surface area contributed by atoms with Crippen molar-refractivity contribution in [3.8, 4) is 0 Å². The number of aliphatic hydroxyl groups is 1. The molecule has 0 radical (unpaired) electrons. The Balaban J connectivity index is 1.93. The Hall–Kier alpha value is -0.410. The molecule has 1 aromatic carbocycles. The van der Waals surface area contributed by atoms with E-state index in [4.69, 9.17) is 0 Å². The molecule has 0 spiro atoms. The zero-order valence-electron chi connectivity index (χ0n) is 13.2. The molecule has 0 bridgehead atoms. The van der Waals surface area contributed by atoms with Crippen molar-refractivity contribution in [2.75, 3.05) is 0 Å². The average molecular weight is 357 g/mol. The van der Waals surface area contributed by atoms with Crippen molar-refractivity contribution in [1.82, 2.24) is 0 Å². The van der Waals surface area contributed by atoms with E-state index in [1.165, 1.54) is 18.9 Å². The van der Waals surface area contributed by atoms with Gasteiger partial charge in [0.2, 0.25) is 0 Å². The van der Waals surface area contributed by atoms with E-state index in [-0.39, 0.29) is 11.9 Å². The predicted octanol–water partition coefficient (Wildman–Crippen LogP) is 5.34. The van der Waals surface area contributed by atoms with Crippen molar-refractivity contribution < 1.29 is 9.50 Å². The molecule has 0 saturated heterocycles. The summed E-state index contributed by atoms with van der Waals surface area (Å²) in [4.78, 5) is 0. The number of benzene rings is 1. The maximum atomic E-state index is 13.5.